The average Bonchev–Trinajstić information content (AvgIpc) is 2.78. The molecule has 0 spiro atoms. The predicted molar refractivity (Wildman–Crippen MR) is 64.7 cm³/mol. The molecule has 4 heteroatoms. The van der Waals surface area contributed by atoms with E-state index in [0.717, 1.165) is 44.5 Å². The van der Waals surface area contributed by atoms with Gasteiger partial charge in [0.2, 0.25) is 0 Å². The molecular weight excluding hydrogens is 212 g/mol. The minimum atomic E-state index is 0.427. The number of fused-ring (bicyclic) bond motifs is 1. The molecule has 4 nitrogen and oxygen atoms in total. The summed E-state index contributed by atoms with van der Waals surface area (Å²) in [6.07, 6.45) is 6.72. The van der Waals surface area contributed by atoms with E-state index in [1.54, 1.807) is 0 Å². The molecular formula is C13H18N4. The minimum Gasteiger partial charge on any atom is -0.317 e. The lowest BCUT2D eigenvalue weighted by Crippen LogP contribution is -2.30. The topological polar surface area (TPSA) is 53.6 Å². The van der Waals surface area contributed by atoms with Gasteiger partial charge in [0.05, 0.1) is 11.7 Å². The van der Waals surface area contributed by atoms with Gasteiger partial charge in [-0.15, -0.1) is 0 Å². The third-order valence-corrected chi connectivity index (χ3v) is 3.94. The molecule has 0 bridgehead atoms. The molecule has 17 heavy (non-hydrogen) atoms. The van der Waals surface area contributed by atoms with Crippen LogP contribution in [0.25, 0.3) is 0 Å². The lowest BCUT2D eigenvalue weighted by molar-refractivity contribution is 0.339. The summed E-state index contributed by atoms with van der Waals surface area (Å²) in [4.78, 5) is 0. The van der Waals surface area contributed by atoms with E-state index in [2.05, 4.69) is 11.4 Å². The van der Waals surface area contributed by atoms with Crippen LogP contribution in [0.4, 0.5) is 0 Å². The van der Waals surface area contributed by atoms with Gasteiger partial charge >= 0.3 is 0 Å². The highest BCUT2D eigenvalue weighted by atomic mass is 15.3. The highest BCUT2D eigenvalue weighted by Crippen LogP contribution is 2.28. The number of nitriles is 1. The first-order chi connectivity index (χ1) is 8.40. The zero-order valence-corrected chi connectivity index (χ0v) is 10.1. The number of rotatable bonds is 1. The molecule has 1 aliphatic heterocycles. The summed E-state index contributed by atoms with van der Waals surface area (Å²) in [6.45, 7) is 2.08. The first-order valence-electron chi connectivity index (χ1n) is 6.61. The van der Waals surface area contributed by atoms with Crippen molar-refractivity contribution in [2.24, 2.45) is 0 Å². The summed E-state index contributed by atoms with van der Waals surface area (Å²) in [5, 5.41) is 17.4. The Hall–Kier alpha value is -1.34. The van der Waals surface area contributed by atoms with Crippen LogP contribution in [0, 0.1) is 11.3 Å². The summed E-state index contributed by atoms with van der Waals surface area (Å²) in [7, 11) is 0. The third-order valence-electron chi connectivity index (χ3n) is 3.94. The Labute approximate surface area is 102 Å². The monoisotopic (exact) mass is 230 g/mol. The maximum Gasteiger partial charge on any atom is 0.142 e. The van der Waals surface area contributed by atoms with Crippen molar-refractivity contribution in [1.29, 1.82) is 5.26 Å². The van der Waals surface area contributed by atoms with Crippen molar-refractivity contribution in [3.8, 4) is 6.07 Å². The normalized spacial score (nSPS) is 20.9. The van der Waals surface area contributed by atoms with E-state index in [-0.39, 0.29) is 0 Å². The standard InChI is InChI=1S/C13H18N4/c14-9-13-11-3-1-2-4-12(11)16-17(13)10-5-7-15-8-6-10/h10,15H,1-8H2. The van der Waals surface area contributed by atoms with Crippen LogP contribution < -0.4 is 5.32 Å². The molecule has 1 N–H and O–H groups in total. The molecule has 0 unspecified atom stereocenters. The largest absolute Gasteiger partial charge is 0.317 e. The van der Waals surface area contributed by atoms with Gasteiger partial charge in [0, 0.05) is 5.56 Å². The Morgan fingerprint density at radius 1 is 1.24 bits per heavy atom. The quantitative estimate of drug-likeness (QED) is 0.796. The van der Waals surface area contributed by atoms with Crippen molar-refractivity contribution < 1.29 is 0 Å². The Kier molecular flexibility index (Phi) is 2.86. The second kappa shape index (κ2) is 4.50. The van der Waals surface area contributed by atoms with E-state index in [0.29, 0.717) is 6.04 Å². The first kappa shape index (κ1) is 10.8. The van der Waals surface area contributed by atoms with Gasteiger partial charge in [0.25, 0.3) is 0 Å². The Morgan fingerprint density at radius 3 is 2.76 bits per heavy atom. The van der Waals surface area contributed by atoms with Gasteiger partial charge in [-0.3, -0.25) is 4.68 Å². The lowest BCUT2D eigenvalue weighted by atomic mass is 9.96. The molecule has 0 amide bonds. The second-order valence-electron chi connectivity index (χ2n) is 5.02. The molecule has 1 saturated heterocycles. The molecule has 1 fully saturated rings. The molecule has 1 aromatic rings. The number of nitrogens with one attached hydrogen (secondary N) is 1. The van der Waals surface area contributed by atoms with Gasteiger partial charge in [-0.05, 0) is 51.6 Å². The molecule has 0 radical (unpaired) electrons. The van der Waals surface area contributed by atoms with E-state index in [1.165, 1.54) is 24.1 Å². The highest BCUT2D eigenvalue weighted by molar-refractivity contribution is 5.37. The molecule has 2 heterocycles. The van der Waals surface area contributed by atoms with Gasteiger partial charge in [-0.25, -0.2) is 0 Å². The average molecular weight is 230 g/mol. The smallest absolute Gasteiger partial charge is 0.142 e. The minimum absolute atomic E-state index is 0.427. The molecule has 1 aromatic heterocycles. The SMILES string of the molecule is N#Cc1c2c(nn1C1CCNCC1)CCCC2. The van der Waals surface area contributed by atoms with Crippen molar-refractivity contribution in [2.75, 3.05) is 13.1 Å². The van der Waals surface area contributed by atoms with Crippen LogP contribution in [0.2, 0.25) is 0 Å². The van der Waals surface area contributed by atoms with Gasteiger partial charge in [-0.2, -0.15) is 10.4 Å². The zero-order valence-electron chi connectivity index (χ0n) is 10.1. The van der Waals surface area contributed by atoms with Crippen molar-refractivity contribution in [1.82, 2.24) is 15.1 Å². The van der Waals surface area contributed by atoms with Crippen LogP contribution in [-0.4, -0.2) is 22.9 Å². The lowest BCUT2D eigenvalue weighted by Gasteiger charge is -2.23. The van der Waals surface area contributed by atoms with Gasteiger partial charge in [0.15, 0.2) is 0 Å². The Morgan fingerprint density at radius 2 is 2.00 bits per heavy atom. The van der Waals surface area contributed by atoms with E-state index in [9.17, 15) is 5.26 Å². The van der Waals surface area contributed by atoms with Crippen LogP contribution in [0.3, 0.4) is 0 Å². The molecule has 3 rings (SSSR count). The summed E-state index contributed by atoms with van der Waals surface area (Å²) in [5.41, 5.74) is 3.26. The van der Waals surface area contributed by atoms with E-state index >= 15 is 0 Å². The van der Waals surface area contributed by atoms with Gasteiger partial charge in [-0.1, -0.05) is 0 Å². The molecule has 2 aliphatic rings. The fourth-order valence-corrected chi connectivity index (χ4v) is 3.01. The third kappa shape index (κ3) is 1.85. The van der Waals surface area contributed by atoms with Gasteiger partial charge < -0.3 is 5.32 Å². The van der Waals surface area contributed by atoms with Crippen LogP contribution in [0.5, 0.6) is 0 Å². The number of aromatic nitrogens is 2. The summed E-state index contributed by atoms with van der Waals surface area (Å²) >= 11 is 0. The maximum atomic E-state index is 9.37. The van der Waals surface area contributed by atoms with E-state index in [1.807, 2.05) is 4.68 Å². The predicted octanol–water partition coefficient (Wildman–Crippen LogP) is 1.56. The first-order valence-corrected chi connectivity index (χ1v) is 6.61. The number of hydrogen-bond donors (Lipinski definition) is 1. The van der Waals surface area contributed by atoms with Crippen LogP contribution in [-0.2, 0) is 12.8 Å². The van der Waals surface area contributed by atoms with Crippen LogP contribution >= 0.6 is 0 Å². The van der Waals surface area contributed by atoms with Crippen molar-refractivity contribution >= 4 is 0 Å². The zero-order chi connectivity index (χ0) is 11.7. The van der Waals surface area contributed by atoms with E-state index in [4.69, 9.17) is 5.10 Å². The Balaban J connectivity index is 1.98. The number of nitrogens with zero attached hydrogens (tertiary/aromatic N) is 3. The van der Waals surface area contributed by atoms with Crippen molar-refractivity contribution in [2.45, 2.75) is 44.6 Å². The fourth-order valence-electron chi connectivity index (χ4n) is 3.01. The van der Waals surface area contributed by atoms with E-state index < -0.39 is 0 Å². The fraction of sp³-hybridized carbons (Fsp3) is 0.692. The molecule has 0 atom stereocenters. The molecule has 0 saturated carbocycles. The molecule has 1 aliphatic carbocycles. The summed E-state index contributed by atoms with van der Waals surface area (Å²) in [6, 6.07) is 2.81. The van der Waals surface area contributed by atoms with Gasteiger partial charge in [0.1, 0.15) is 11.8 Å². The van der Waals surface area contributed by atoms with Crippen LogP contribution in [0.1, 0.15) is 48.7 Å². The summed E-state index contributed by atoms with van der Waals surface area (Å²) < 4.78 is 2.02. The Bertz CT molecular complexity index is 449. The number of aryl methyl sites for hydroxylation is 1. The van der Waals surface area contributed by atoms with Crippen molar-refractivity contribution in [3.63, 3.8) is 0 Å². The molecule has 0 aromatic carbocycles. The van der Waals surface area contributed by atoms with Crippen molar-refractivity contribution in [3.05, 3.63) is 17.0 Å². The molecule has 90 valence electrons. The summed E-state index contributed by atoms with van der Waals surface area (Å²) in [5.74, 6) is 0. The highest BCUT2D eigenvalue weighted by Gasteiger charge is 2.25. The maximum absolute atomic E-state index is 9.37. The van der Waals surface area contributed by atoms with Crippen LogP contribution in [0.15, 0.2) is 0 Å². The number of hydrogen-bond acceptors (Lipinski definition) is 3. The second-order valence-corrected chi connectivity index (χ2v) is 5.02. The number of piperidine rings is 1.